The van der Waals surface area contributed by atoms with Crippen LogP contribution in [0, 0.1) is 13.8 Å². The molecule has 1 atom stereocenters. The van der Waals surface area contributed by atoms with Crippen LogP contribution in [-0.4, -0.2) is 39.8 Å². The lowest BCUT2D eigenvalue weighted by Crippen LogP contribution is -2.30. The molecule has 0 saturated heterocycles. The number of hydrogen-bond acceptors (Lipinski definition) is 4. The molecule has 0 spiro atoms. The summed E-state index contributed by atoms with van der Waals surface area (Å²) in [7, 11) is -1.19. The molecule has 1 amide bonds. The molecular formula is C26H30ClN5O2Si. The number of aryl methyl sites for hydroxylation is 2. The maximum Gasteiger partial charge on any atom is 0.261 e. The van der Waals surface area contributed by atoms with Crippen LogP contribution in [0.15, 0.2) is 48.8 Å². The summed E-state index contributed by atoms with van der Waals surface area (Å²) in [5.74, 6) is 0.739. The molecule has 4 aromatic rings. The van der Waals surface area contributed by atoms with E-state index in [2.05, 4.69) is 34.4 Å². The number of amides is 1. The number of aromatic nitrogens is 4. The number of halogens is 1. The lowest BCUT2D eigenvalue weighted by atomic mass is 10.0. The van der Waals surface area contributed by atoms with Crippen LogP contribution in [0.25, 0.3) is 5.65 Å². The molecule has 1 aliphatic rings. The summed E-state index contributed by atoms with van der Waals surface area (Å²) in [5, 5.41) is 9.14. The Balaban J connectivity index is 1.57. The van der Waals surface area contributed by atoms with Crippen molar-refractivity contribution >= 4 is 36.9 Å². The van der Waals surface area contributed by atoms with Crippen LogP contribution in [0.5, 0.6) is 0 Å². The van der Waals surface area contributed by atoms with E-state index in [0.29, 0.717) is 23.9 Å². The highest BCUT2D eigenvalue weighted by molar-refractivity contribution is 6.76. The van der Waals surface area contributed by atoms with E-state index in [0.717, 1.165) is 40.0 Å². The fourth-order valence-electron chi connectivity index (χ4n) is 4.59. The number of ether oxygens (including phenoxy) is 1. The largest absolute Gasteiger partial charge is 0.361 e. The predicted octanol–water partition coefficient (Wildman–Crippen LogP) is 5.86. The third-order valence-electron chi connectivity index (χ3n) is 6.51. The van der Waals surface area contributed by atoms with Gasteiger partial charge in [0.2, 0.25) is 0 Å². The summed E-state index contributed by atoms with van der Waals surface area (Å²) >= 11 is 6.20. The minimum atomic E-state index is -1.19. The number of carbonyl (C=O) groups excluding carboxylic acids is 1. The van der Waals surface area contributed by atoms with Crippen molar-refractivity contribution < 1.29 is 9.53 Å². The Kier molecular flexibility index (Phi) is 6.07. The molecular weight excluding hydrogens is 478 g/mol. The lowest BCUT2D eigenvalue weighted by Gasteiger charge is -2.28. The molecule has 0 saturated carbocycles. The molecule has 3 aromatic heterocycles. The Morgan fingerprint density at radius 1 is 1.09 bits per heavy atom. The van der Waals surface area contributed by atoms with Gasteiger partial charge in [0.25, 0.3) is 5.91 Å². The highest BCUT2D eigenvalue weighted by atomic mass is 35.5. The summed E-state index contributed by atoms with van der Waals surface area (Å²) in [4.78, 5) is 15.7. The molecule has 0 bridgehead atoms. The van der Waals surface area contributed by atoms with Gasteiger partial charge >= 0.3 is 0 Å². The quantitative estimate of drug-likeness (QED) is 0.232. The number of rotatable bonds is 7. The number of hydrogen-bond donors (Lipinski definition) is 0. The van der Waals surface area contributed by atoms with Crippen molar-refractivity contribution in [3.63, 3.8) is 0 Å². The van der Waals surface area contributed by atoms with Gasteiger partial charge in [-0.2, -0.15) is 0 Å². The molecule has 182 valence electrons. The first-order chi connectivity index (χ1) is 16.6. The molecule has 0 N–H and O–H groups in total. The zero-order valence-electron chi connectivity index (χ0n) is 20.7. The normalized spacial score (nSPS) is 15.9. The van der Waals surface area contributed by atoms with Crippen LogP contribution < -0.4 is 4.90 Å². The van der Waals surface area contributed by atoms with Gasteiger partial charge in [-0.25, -0.2) is 0 Å². The van der Waals surface area contributed by atoms with Crippen molar-refractivity contribution in [2.75, 3.05) is 11.5 Å². The summed E-state index contributed by atoms with van der Waals surface area (Å²) in [5.41, 5.74) is 5.16. The van der Waals surface area contributed by atoms with E-state index < -0.39 is 8.07 Å². The highest BCUT2D eigenvalue weighted by Gasteiger charge is 2.41. The van der Waals surface area contributed by atoms with Crippen molar-refractivity contribution in [1.29, 1.82) is 0 Å². The minimum Gasteiger partial charge on any atom is -0.361 e. The molecule has 0 fully saturated rings. The van der Waals surface area contributed by atoms with E-state index in [4.69, 9.17) is 16.3 Å². The smallest absolute Gasteiger partial charge is 0.261 e. The van der Waals surface area contributed by atoms with Crippen LogP contribution >= 0.6 is 11.6 Å². The van der Waals surface area contributed by atoms with Crippen molar-refractivity contribution in [2.45, 2.75) is 52.3 Å². The molecule has 1 unspecified atom stereocenters. The van der Waals surface area contributed by atoms with Gasteiger partial charge in [0, 0.05) is 32.1 Å². The summed E-state index contributed by atoms with van der Waals surface area (Å²) in [6, 6.07) is 12.4. The van der Waals surface area contributed by atoms with Gasteiger partial charge in [-0.05, 0) is 55.3 Å². The maximum absolute atomic E-state index is 13.8. The first-order valence-corrected chi connectivity index (χ1v) is 15.9. The molecule has 5 rings (SSSR count). The molecule has 0 radical (unpaired) electrons. The van der Waals surface area contributed by atoms with E-state index in [1.165, 1.54) is 0 Å². The number of carbonyl (C=O) groups is 1. The van der Waals surface area contributed by atoms with E-state index in [9.17, 15) is 4.79 Å². The molecule has 9 heteroatoms. The van der Waals surface area contributed by atoms with E-state index in [-0.39, 0.29) is 11.9 Å². The SMILES string of the molecule is Cc1cc(N2C(=O)c3ccn(COCC[Si](C)(C)C)c3C2c2ccc(Cl)cc2)cn2c(C)nnc12. The van der Waals surface area contributed by atoms with Crippen LogP contribution in [-0.2, 0) is 11.5 Å². The van der Waals surface area contributed by atoms with Gasteiger partial charge in [0.1, 0.15) is 18.6 Å². The van der Waals surface area contributed by atoms with E-state index in [1.54, 1.807) is 0 Å². The van der Waals surface area contributed by atoms with Crippen molar-refractivity contribution in [2.24, 2.45) is 0 Å². The zero-order chi connectivity index (χ0) is 24.9. The number of pyridine rings is 1. The Labute approximate surface area is 211 Å². The second-order valence-electron chi connectivity index (χ2n) is 10.4. The van der Waals surface area contributed by atoms with Crippen molar-refractivity contribution in [3.8, 4) is 0 Å². The molecule has 35 heavy (non-hydrogen) atoms. The fraction of sp³-hybridized carbons (Fsp3) is 0.346. The van der Waals surface area contributed by atoms with Gasteiger partial charge in [-0.1, -0.05) is 43.4 Å². The van der Waals surface area contributed by atoms with Crippen LogP contribution in [0.3, 0.4) is 0 Å². The lowest BCUT2D eigenvalue weighted by molar-refractivity contribution is 0.0853. The minimum absolute atomic E-state index is 0.0368. The Bertz CT molecular complexity index is 1400. The third-order valence-corrected chi connectivity index (χ3v) is 8.46. The zero-order valence-corrected chi connectivity index (χ0v) is 22.5. The summed E-state index contributed by atoms with van der Waals surface area (Å²) < 4.78 is 10.1. The molecule has 1 aromatic carbocycles. The molecule has 4 heterocycles. The Hall–Kier alpha value is -2.94. The first-order valence-electron chi connectivity index (χ1n) is 11.8. The van der Waals surface area contributed by atoms with Gasteiger partial charge in [0.05, 0.1) is 16.9 Å². The monoisotopic (exact) mass is 507 g/mol. The molecule has 1 aliphatic heterocycles. The molecule has 0 aliphatic carbocycles. The second kappa shape index (κ2) is 8.93. The predicted molar refractivity (Wildman–Crippen MR) is 141 cm³/mol. The summed E-state index contributed by atoms with van der Waals surface area (Å²) in [6.07, 6.45) is 3.90. The first kappa shape index (κ1) is 23.8. The Morgan fingerprint density at radius 2 is 1.83 bits per heavy atom. The van der Waals surface area contributed by atoms with Gasteiger partial charge < -0.3 is 9.30 Å². The highest BCUT2D eigenvalue weighted by Crippen LogP contribution is 2.42. The van der Waals surface area contributed by atoms with E-state index in [1.807, 2.05) is 71.9 Å². The van der Waals surface area contributed by atoms with Crippen molar-refractivity contribution in [3.05, 3.63) is 82.0 Å². The topological polar surface area (TPSA) is 64.7 Å². The van der Waals surface area contributed by atoms with Crippen LogP contribution in [0.4, 0.5) is 5.69 Å². The Morgan fingerprint density at radius 3 is 2.54 bits per heavy atom. The number of benzene rings is 1. The van der Waals surface area contributed by atoms with Crippen LogP contribution in [0.1, 0.15) is 39.0 Å². The summed E-state index contributed by atoms with van der Waals surface area (Å²) in [6.45, 7) is 12.0. The van der Waals surface area contributed by atoms with E-state index >= 15 is 0 Å². The van der Waals surface area contributed by atoms with Gasteiger partial charge in [-0.15, -0.1) is 10.2 Å². The number of nitrogens with zero attached hydrogens (tertiary/aromatic N) is 5. The average Bonchev–Trinajstić information content (AvgIpc) is 3.46. The fourth-order valence-corrected chi connectivity index (χ4v) is 5.47. The third kappa shape index (κ3) is 4.42. The number of fused-ring (bicyclic) bond motifs is 2. The van der Waals surface area contributed by atoms with Gasteiger partial charge in [-0.3, -0.25) is 14.1 Å². The van der Waals surface area contributed by atoms with Crippen LogP contribution in [0.2, 0.25) is 30.7 Å². The number of anilines is 1. The average molecular weight is 508 g/mol. The van der Waals surface area contributed by atoms with Crippen molar-refractivity contribution in [1.82, 2.24) is 19.2 Å². The molecule has 7 nitrogen and oxygen atoms in total. The second-order valence-corrected chi connectivity index (χ2v) is 16.4. The van der Waals surface area contributed by atoms with Gasteiger partial charge in [0.15, 0.2) is 5.65 Å². The maximum atomic E-state index is 13.8. The standard InChI is InChI=1S/C26H30ClN5O2Si/c1-17-14-21(15-31-18(2)28-29-25(17)31)32-23(19-6-8-20(27)9-7-19)24-22(26(32)33)10-11-30(24)16-34-12-13-35(3,4)5/h6-11,14-15,23H,12-13,16H2,1-5H3.